The quantitative estimate of drug-likeness (QED) is 0.654. The molecule has 6 heteroatoms. The smallest absolute Gasteiger partial charge is 0.307 e. The zero-order chi connectivity index (χ0) is 19.7. The van der Waals surface area contributed by atoms with E-state index in [0.717, 1.165) is 12.0 Å². The minimum Gasteiger partial charge on any atom is -0.469 e. The van der Waals surface area contributed by atoms with Crippen LogP contribution in [-0.4, -0.2) is 33.4 Å². The first-order valence-electron chi connectivity index (χ1n) is 9.40. The Bertz CT molecular complexity index is 1090. The van der Waals surface area contributed by atoms with Gasteiger partial charge in [0, 0.05) is 31.4 Å². The molecule has 4 rings (SSSR count). The van der Waals surface area contributed by atoms with Gasteiger partial charge >= 0.3 is 5.97 Å². The number of esters is 1. The van der Waals surface area contributed by atoms with Crippen molar-refractivity contribution in [1.29, 1.82) is 0 Å². The molecule has 0 fully saturated rings. The number of fused-ring (bicyclic) bond motifs is 2. The molecule has 0 saturated heterocycles. The Morgan fingerprint density at radius 3 is 2.79 bits per heavy atom. The number of hydrogen-bond acceptors (Lipinski definition) is 5. The van der Waals surface area contributed by atoms with Crippen molar-refractivity contribution >= 4 is 11.6 Å². The van der Waals surface area contributed by atoms with E-state index in [1.807, 2.05) is 31.2 Å². The summed E-state index contributed by atoms with van der Waals surface area (Å²) in [7, 11) is 1.41. The summed E-state index contributed by atoms with van der Waals surface area (Å²) in [6.07, 6.45) is 2.89. The van der Waals surface area contributed by atoms with E-state index in [2.05, 4.69) is 22.0 Å². The van der Waals surface area contributed by atoms with E-state index in [1.54, 1.807) is 16.7 Å². The molecule has 0 spiro atoms. The number of hydrogen-bond donors (Lipinski definition) is 0. The third-order valence-electron chi connectivity index (χ3n) is 5.32. The molecule has 3 aromatic rings. The summed E-state index contributed by atoms with van der Waals surface area (Å²) in [6.45, 7) is 3.17. The summed E-state index contributed by atoms with van der Waals surface area (Å²) in [5.74, 6) is -0.226. The highest BCUT2D eigenvalue weighted by Gasteiger charge is 2.28. The lowest BCUT2D eigenvalue weighted by molar-refractivity contribution is -0.142. The van der Waals surface area contributed by atoms with Gasteiger partial charge in [0.15, 0.2) is 0 Å². The normalized spacial score (nSPS) is 16.7. The van der Waals surface area contributed by atoms with Crippen molar-refractivity contribution in [2.45, 2.75) is 38.9 Å². The van der Waals surface area contributed by atoms with Gasteiger partial charge in [0.1, 0.15) is 5.65 Å². The van der Waals surface area contributed by atoms with Crippen molar-refractivity contribution in [3.63, 3.8) is 0 Å². The van der Waals surface area contributed by atoms with Gasteiger partial charge in [-0.2, -0.15) is 0 Å². The van der Waals surface area contributed by atoms with E-state index in [1.165, 1.54) is 18.2 Å². The highest BCUT2D eigenvalue weighted by Crippen LogP contribution is 2.26. The highest BCUT2D eigenvalue weighted by molar-refractivity contribution is 5.70. The number of carbonyl (C=O) groups is 1. The van der Waals surface area contributed by atoms with Crippen LogP contribution in [0, 0.1) is 6.92 Å². The molecule has 28 heavy (non-hydrogen) atoms. The number of benzene rings is 1. The number of pyridine rings is 1. The summed E-state index contributed by atoms with van der Waals surface area (Å²) >= 11 is 0. The number of aromatic nitrogens is 2. The van der Waals surface area contributed by atoms with E-state index in [9.17, 15) is 9.59 Å². The Hall–Kier alpha value is -2.99. The molecule has 6 nitrogen and oxygen atoms in total. The monoisotopic (exact) mass is 377 g/mol. The molecule has 1 aliphatic rings. The molecule has 1 aliphatic heterocycles. The predicted molar refractivity (Wildman–Crippen MR) is 106 cm³/mol. The number of aryl methyl sites for hydroxylation is 1. The lowest BCUT2D eigenvalue weighted by Crippen LogP contribution is -2.41. The Kier molecular flexibility index (Phi) is 4.96. The van der Waals surface area contributed by atoms with Crippen LogP contribution in [-0.2, 0) is 29.0 Å². The molecule has 0 amide bonds. The van der Waals surface area contributed by atoms with Gasteiger partial charge in [-0.1, -0.05) is 30.3 Å². The largest absolute Gasteiger partial charge is 0.469 e. The Morgan fingerprint density at radius 2 is 2.00 bits per heavy atom. The second kappa shape index (κ2) is 7.56. The van der Waals surface area contributed by atoms with Gasteiger partial charge in [-0.3, -0.25) is 18.9 Å². The summed E-state index contributed by atoms with van der Waals surface area (Å²) in [5.41, 5.74) is 4.77. The van der Waals surface area contributed by atoms with Gasteiger partial charge in [0.05, 0.1) is 19.2 Å². The van der Waals surface area contributed by atoms with Crippen LogP contribution in [0.25, 0.3) is 5.65 Å². The summed E-state index contributed by atoms with van der Waals surface area (Å²) in [6, 6.07) is 13.7. The standard InChI is InChI=1S/C22H23N3O3/c1-15-7-8-20-23-18(10-21(26)25(20)12-15)14-24-13-17-6-4-3-5-16(17)9-19(24)11-22(27)28-2/h3-8,10,12,19H,9,11,13-14H2,1-2H3/t19-/m0/s1. The molecular weight excluding hydrogens is 354 g/mol. The van der Waals surface area contributed by atoms with Crippen molar-refractivity contribution in [2.24, 2.45) is 0 Å². The molecule has 0 saturated carbocycles. The zero-order valence-electron chi connectivity index (χ0n) is 16.1. The molecule has 144 valence electrons. The average Bonchev–Trinajstić information content (AvgIpc) is 2.69. The summed E-state index contributed by atoms with van der Waals surface area (Å²) in [4.78, 5) is 31.3. The van der Waals surface area contributed by atoms with Crippen LogP contribution >= 0.6 is 0 Å². The van der Waals surface area contributed by atoms with Gasteiger partial charge in [-0.05, 0) is 36.1 Å². The summed E-state index contributed by atoms with van der Waals surface area (Å²) in [5, 5.41) is 0. The van der Waals surface area contributed by atoms with Crippen LogP contribution in [0.15, 0.2) is 53.5 Å². The molecule has 0 aliphatic carbocycles. The van der Waals surface area contributed by atoms with Crippen LogP contribution in [0.1, 0.15) is 28.8 Å². The minimum absolute atomic E-state index is 0.0145. The molecule has 3 heterocycles. The Labute approximate surface area is 163 Å². The predicted octanol–water partition coefficient (Wildman–Crippen LogP) is 2.49. The zero-order valence-corrected chi connectivity index (χ0v) is 16.1. The van der Waals surface area contributed by atoms with Gasteiger partial charge < -0.3 is 4.74 Å². The maximum absolute atomic E-state index is 12.5. The fourth-order valence-electron chi connectivity index (χ4n) is 3.85. The molecule has 2 aromatic heterocycles. The van der Waals surface area contributed by atoms with E-state index in [0.29, 0.717) is 30.9 Å². The first-order valence-corrected chi connectivity index (χ1v) is 9.40. The first-order chi connectivity index (χ1) is 13.5. The summed E-state index contributed by atoms with van der Waals surface area (Å²) < 4.78 is 6.46. The van der Waals surface area contributed by atoms with Crippen LogP contribution in [0.5, 0.6) is 0 Å². The minimum atomic E-state index is -0.226. The second-order valence-corrected chi connectivity index (χ2v) is 7.33. The van der Waals surface area contributed by atoms with Crippen molar-refractivity contribution in [3.8, 4) is 0 Å². The first kappa shape index (κ1) is 18.4. The number of methoxy groups -OCH3 is 1. The van der Waals surface area contributed by atoms with Gasteiger partial charge in [-0.15, -0.1) is 0 Å². The number of rotatable bonds is 4. The fraction of sp³-hybridized carbons (Fsp3) is 0.318. The number of carbonyl (C=O) groups excluding carboxylic acids is 1. The second-order valence-electron chi connectivity index (χ2n) is 7.33. The molecule has 1 aromatic carbocycles. The van der Waals surface area contributed by atoms with Gasteiger partial charge in [0.2, 0.25) is 0 Å². The van der Waals surface area contributed by atoms with Crippen molar-refractivity contribution in [2.75, 3.05) is 7.11 Å². The van der Waals surface area contributed by atoms with E-state index >= 15 is 0 Å². The number of nitrogens with zero attached hydrogens (tertiary/aromatic N) is 3. The lowest BCUT2D eigenvalue weighted by atomic mass is 9.92. The van der Waals surface area contributed by atoms with Crippen molar-refractivity contribution in [1.82, 2.24) is 14.3 Å². The third-order valence-corrected chi connectivity index (χ3v) is 5.32. The van der Waals surface area contributed by atoms with Crippen LogP contribution in [0.4, 0.5) is 0 Å². The molecule has 0 bridgehead atoms. The fourth-order valence-corrected chi connectivity index (χ4v) is 3.85. The van der Waals surface area contributed by atoms with Gasteiger partial charge in [-0.25, -0.2) is 4.98 Å². The van der Waals surface area contributed by atoms with E-state index in [-0.39, 0.29) is 17.6 Å². The Balaban J connectivity index is 1.66. The number of ether oxygens (including phenoxy) is 1. The van der Waals surface area contributed by atoms with E-state index in [4.69, 9.17) is 4.74 Å². The topological polar surface area (TPSA) is 63.9 Å². The van der Waals surface area contributed by atoms with Crippen LogP contribution in [0.2, 0.25) is 0 Å². The third kappa shape index (κ3) is 3.68. The van der Waals surface area contributed by atoms with Crippen LogP contribution in [0.3, 0.4) is 0 Å². The van der Waals surface area contributed by atoms with Gasteiger partial charge in [0.25, 0.3) is 5.56 Å². The van der Waals surface area contributed by atoms with E-state index < -0.39 is 0 Å². The molecule has 1 atom stereocenters. The van der Waals surface area contributed by atoms with Crippen molar-refractivity contribution in [3.05, 3.63) is 81.4 Å². The SMILES string of the molecule is COC(=O)C[C@@H]1Cc2ccccc2CN1Cc1cc(=O)n2cc(C)ccc2n1. The maximum atomic E-state index is 12.5. The molecular formula is C22H23N3O3. The van der Waals surface area contributed by atoms with Crippen molar-refractivity contribution < 1.29 is 9.53 Å². The maximum Gasteiger partial charge on any atom is 0.307 e. The Morgan fingerprint density at radius 1 is 1.21 bits per heavy atom. The molecule has 0 unspecified atom stereocenters. The average molecular weight is 377 g/mol. The lowest BCUT2D eigenvalue weighted by Gasteiger charge is -2.36. The highest BCUT2D eigenvalue weighted by atomic mass is 16.5. The van der Waals surface area contributed by atoms with Crippen LogP contribution < -0.4 is 5.56 Å². The molecule has 0 N–H and O–H groups in total. The molecule has 0 radical (unpaired) electrons.